The van der Waals surface area contributed by atoms with E-state index in [1.54, 1.807) is 43.2 Å². The second kappa shape index (κ2) is 12.2. The molecule has 0 bridgehead atoms. The van der Waals surface area contributed by atoms with Gasteiger partial charge in [-0.2, -0.15) is 0 Å². The molecule has 1 aliphatic rings. The molecule has 0 aromatic heterocycles. The molecule has 30 heavy (non-hydrogen) atoms. The van der Waals surface area contributed by atoms with Gasteiger partial charge in [-0.25, -0.2) is 0 Å². The van der Waals surface area contributed by atoms with Crippen LogP contribution in [0.1, 0.15) is 43.5 Å². The standard InChI is InChI=1S/C23H34N2O5/c1-5-15-30-20-11-10-18(16-21(20)28-4)23(27)25(14-12-22(26)29-7-3)17-19-9-8-13-24(19)6-2/h5,10-11,16,19H,1,6-9,12-15,17H2,2-4H3. The van der Waals surface area contributed by atoms with E-state index in [1.165, 1.54) is 0 Å². The van der Waals surface area contributed by atoms with Crippen LogP contribution in [0, 0.1) is 0 Å². The Morgan fingerprint density at radius 3 is 2.77 bits per heavy atom. The molecule has 0 saturated carbocycles. The molecule has 1 aliphatic heterocycles. The predicted molar refractivity (Wildman–Crippen MR) is 116 cm³/mol. The second-order valence-electron chi connectivity index (χ2n) is 7.20. The van der Waals surface area contributed by atoms with Crippen LogP contribution in [0.15, 0.2) is 30.9 Å². The van der Waals surface area contributed by atoms with Gasteiger partial charge in [-0.15, -0.1) is 0 Å². The predicted octanol–water partition coefficient (Wildman–Crippen LogP) is 3.14. The lowest BCUT2D eigenvalue weighted by atomic mass is 10.1. The summed E-state index contributed by atoms with van der Waals surface area (Å²) in [5.74, 6) is 0.625. The highest BCUT2D eigenvalue weighted by Crippen LogP contribution is 2.29. The number of hydrogen-bond acceptors (Lipinski definition) is 6. The van der Waals surface area contributed by atoms with Crippen molar-refractivity contribution in [3.05, 3.63) is 36.4 Å². The third-order valence-electron chi connectivity index (χ3n) is 5.28. The van der Waals surface area contributed by atoms with Gasteiger partial charge in [-0.1, -0.05) is 19.6 Å². The lowest BCUT2D eigenvalue weighted by Gasteiger charge is -2.30. The van der Waals surface area contributed by atoms with Gasteiger partial charge < -0.3 is 19.1 Å². The largest absolute Gasteiger partial charge is 0.493 e. The zero-order valence-electron chi connectivity index (χ0n) is 18.4. The molecule has 1 fully saturated rings. The topological polar surface area (TPSA) is 68.3 Å². The van der Waals surface area contributed by atoms with Gasteiger partial charge in [0.1, 0.15) is 6.61 Å². The van der Waals surface area contributed by atoms with Crippen molar-refractivity contribution >= 4 is 11.9 Å². The molecule has 1 atom stereocenters. The quantitative estimate of drug-likeness (QED) is 0.384. The molecule has 2 rings (SSSR count). The minimum Gasteiger partial charge on any atom is -0.493 e. The Kier molecular flexibility index (Phi) is 9.67. The van der Waals surface area contributed by atoms with Crippen molar-refractivity contribution in [2.75, 3.05) is 46.5 Å². The number of benzene rings is 1. The van der Waals surface area contributed by atoms with E-state index in [0.29, 0.717) is 49.4 Å². The van der Waals surface area contributed by atoms with E-state index in [0.717, 1.165) is 25.9 Å². The molecular weight excluding hydrogens is 384 g/mol. The van der Waals surface area contributed by atoms with Crippen LogP contribution in [-0.4, -0.2) is 74.2 Å². The first-order valence-corrected chi connectivity index (χ1v) is 10.6. The van der Waals surface area contributed by atoms with Gasteiger partial charge in [0, 0.05) is 24.7 Å². The van der Waals surface area contributed by atoms with Crippen LogP contribution in [0.5, 0.6) is 11.5 Å². The Hall–Kier alpha value is -2.54. The normalized spacial score (nSPS) is 16.2. The highest BCUT2D eigenvalue weighted by molar-refractivity contribution is 5.95. The summed E-state index contributed by atoms with van der Waals surface area (Å²) < 4.78 is 16.0. The molecule has 0 aliphatic carbocycles. The van der Waals surface area contributed by atoms with E-state index in [1.807, 2.05) is 0 Å². The fourth-order valence-corrected chi connectivity index (χ4v) is 3.76. The van der Waals surface area contributed by atoms with Gasteiger partial charge in [0.05, 0.1) is 20.1 Å². The molecule has 1 aromatic rings. The number of ether oxygens (including phenoxy) is 3. The highest BCUT2D eigenvalue weighted by atomic mass is 16.5. The zero-order valence-corrected chi connectivity index (χ0v) is 18.4. The maximum atomic E-state index is 13.3. The molecule has 1 amide bonds. The van der Waals surface area contributed by atoms with Crippen molar-refractivity contribution in [1.82, 2.24) is 9.80 Å². The van der Waals surface area contributed by atoms with Gasteiger partial charge in [-0.3, -0.25) is 14.5 Å². The Bertz CT molecular complexity index is 722. The van der Waals surface area contributed by atoms with Gasteiger partial charge >= 0.3 is 5.97 Å². The molecule has 0 N–H and O–H groups in total. The van der Waals surface area contributed by atoms with E-state index in [2.05, 4.69) is 18.4 Å². The van der Waals surface area contributed by atoms with Gasteiger partial charge in [-0.05, 0) is 51.1 Å². The Morgan fingerprint density at radius 2 is 2.10 bits per heavy atom. The van der Waals surface area contributed by atoms with Crippen molar-refractivity contribution in [3.63, 3.8) is 0 Å². The lowest BCUT2D eigenvalue weighted by molar-refractivity contribution is -0.143. The van der Waals surface area contributed by atoms with Crippen LogP contribution in [0.3, 0.4) is 0 Å². The van der Waals surface area contributed by atoms with Crippen LogP contribution in [0.4, 0.5) is 0 Å². The van der Waals surface area contributed by atoms with Gasteiger partial charge in [0.15, 0.2) is 11.5 Å². The van der Waals surface area contributed by atoms with Crippen LogP contribution in [0.25, 0.3) is 0 Å². The summed E-state index contributed by atoms with van der Waals surface area (Å²) in [5, 5.41) is 0. The molecular formula is C23H34N2O5. The van der Waals surface area contributed by atoms with Crippen LogP contribution < -0.4 is 9.47 Å². The van der Waals surface area contributed by atoms with E-state index in [-0.39, 0.29) is 18.3 Å². The first kappa shape index (κ1) is 23.7. The number of amides is 1. The summed E-state index contributed by atoms with van der Waals surface area (Å²) in [6, 6.07) is 5.45. The number of likely N-dealkylation sites (tertiary alicyclic amines) is 1. The van der Waals surface area contributed by atoms with E-state index in [4.69, 9.17) is 14.2 Å². The SMILES string of the molecule is C=CCOc1ccc(C(=O)N(CCC(=O)OCC)CC2CCCN2CC)cc1OC. The maximum absolute atomic E-state index is 13.3. The van der Waals surface area contributed by atoms with Crippen molar-refractivity contribution in [2.45, 2.75) is 39.2 Å². The Balaban J connectivity index is 2.19. The average Bonchev–Trinajstić information content (AvgIpc) is 3.21. The summed E-state index contributed by atoms with van der Waals surface area (Å²) in [7, 11) is 1.54. The summed E-state index contributed by atoms with van der Waals surface area (Å²) in [5.41, 5.74) is 0.503. The van der Waals surface area contributed by atoms with Gasteiger partial charge in [0.2, 0.25) is 0 Å². The van der Waals surface area contributed by atoms with Crippen molar-refractivity contribution in [2.24, 2.45) is 0 Å². The maximum Gasteiger partial charge on any atom is 0.307 e. The molecule has 7 nitrogen and oxygen atoms in total. The number of nitrogens with zero attached hydrogens (tertiary/aromatic N) is 2. The molecule has 0 radical (unpaired) electrons. The number of methoxy groups -OCH3 is 1. The zero-order chi connectivity index (χ0) is 21.9. The van der Waals surface area contributed by atoms with Crippen LogP contribution in [0.2, 0.25) is 0 Å². The average molecular weight is 419 g/mol. The lowest BCUT2D eigenvalue weighted by Crippen LogP contribution is -2.44. The minimum atomic E-state index is -0.292. The van der Waals surface area contributed by atoms with E-state index >= 15 is 0 Å². The van der Waals surface area contributed by atoms with Crippen molar-refractivity contribution in [3.8, 4) is 11.5 Å². The smallest absolute Gasteiger partial charge is 0.307 e. The molecule has 0 spiro atoms. The van der Waals surface area contributed by atoms with E-state index in [9.17, 15) is 9.59 Å². The monoisotopic (exact) mass is 418 g/mol. The number of hydrogen-bond donors (Lipinski definition) is 0. The first-order chi connectivity index (χ1) is 14.5. The van der Waals surface area contributed by atoms with Crippen LogP contribution in [-0.2, 0) is 9.53 Å². The molecule has 1 heterocycles. The summed E-state index contributed by atoms with van der Waals surface area (Å²) in [4.78, 5) is 29.4. The minimum absolute atomic E-state index is 0.129. The Labute approximate surface area is 179 Å². The van der Waals surface area contributed by atoms with E-state index < -0.39 is 0 Å². The highest BCUT2D eigenvalue weighted by Gasteiger charge is 2.28. The number of carbonyl (C=O) groups is 2. The van der Waals surface area contributed by atoms with Crippen molar-refractivity contribution in [1.29, 1.82) is 0 Å². The fourth-order valence-electron chi connectivity index (χ4n) is 3.76. The summed E-state index contributed by atoms with van der Waals surface area (Å²) >= 11 is 0. The van der Waals surface area contributed by atoms with Crippen molar-refractivity contribution < 1.29 is 23.8 Å². The van der Waals surface area contributed by atoms with Crippen LogP contribution >= 0.6 is 0 Å². The molecule has 166 valence electrons. The Morgan fingerprint density at radius 1 is 1.30 bits per heavy atom. The molecule has 1 saturated heterocycles. The third kappa shape index (κ3) is 6.49. The number of carbonyl (C=O) groups excluding carboxylic acids is 2. The summed E-state index contributed by atoms with van der Waals surface area (Å²) in [6.45, 7) is 11.1. The first-order valence-electron chi connectivity index (χ1n) is 10.6. The molecule has 1 unspecified atom stereocenters. The molecule has 1 aromatic carbocycles. The number of esters is 1. The fraction of sp³-hybridized carbons (Fsp3) is 0.565. The second-order valence-corrected chi connectivity index (χ2v) is 7.20. The number of likely N-dealkylation sites (N-methyl/N-ethyl adjacent to an activating group) is 1. The van der Waals surface area contributed by atoms with Gasteiger partial charge in [0.25, 0.3) is 5.91 Å². The third-order valence-corrected chi connectivity index (χ3v) is 5.28. The molecule has 7 heteroatoms. The summed E-state index contributed by atoms with van der Waals surface area (Å²) in [6.07, 6.45) is 4.00. The number of rotatable bonds is 12.